The van der Waals surface area contributed by atoms with E-state index in [0.29, 0.717) is 44.7 Å². The number of benzene rings is 2. The molecule has 66 heavy (non-hydrogen) atoms. The summed E-state index contributed by atoms with van der Waals surface area (Å²) in [6.45, 7) is 4.44. The number of aromatic nitrogens is 10. The van der Waals surface area contributed by atoms with Gasteiger partial charge >= 0.3 is 17.4 Å². The van der Waals surface area contributed by atoms with Crippen molar-refractivity contribution < 1.29 is 20.1 Å². The lowest BCUT2D eigenvalue weighted by Crippen LogP contribution is -2.39. The standard InChI is InChI=1S/C22H22ClN5O4.C16H16BrClN4O3.C6H7NO.ClH/c1-14-4-9-17(12-24-14)32-21-25-19-18(28(21)13-15-5-7-16(23)8-6-15)20(30)27(10-3-11-29)22(31)26(19)2;1-20-13-12(14(24)21(16(20)25)7-2-8-23)22(15(17)19-13)9-10-3-5-11(18)6-4-10;1-5-2-3-6(8)4-7-5;/h4-9,12,29H,3,10-11,13H2,1-2H3;3-6,23H,2,7-9H2,1H3;2-4,8H,1H3;1H. The molecule has 0 bridgehead atoms. The topological polar surface area (TPSA) is 219 Å². The van der Waals surface area contributed by atoms with Crippen LogP contribution in [0.5, 0.6) is 17.5 Å². The largest absolute Gasteiger partial charge is 0.506 e. The number of aliphatic hydroxyl groups excluding tert-OH is 2. The summed E-state index contributed by atoms with van der Waals surface area (Å²) in [6, 6.07) is 21.6. The number of pyridine rings is 2. The summed E-state index contributed by atoms with van der Waals surface area (Å²) in [6.07, 6.45) is 3.60. The zero-order valence-corrected chi connectivity index (χ0v) is 40.1. The number of imidazole rings is 2. The second-order valence-electron chi connectivity index (χ2n) is 14.7. The maximum Gasteiger partial charge on any atom is 0.332 e. The van der Waals surface area contributed by atoms with Crippen molar-refractivity contribution in [2.24, 2.45) is 14.1 Å². The fourth-order valence-electron chi connectivity index (χ4n) is 6.54. The molecule has 8 aromatic rings. The van der Waals surface area contributed by atoms with Crippen LogP contribution in [0.25, 0.3) is 22.3 Å². The summed E-state index contributed by atoms with van der Waals surface area (Å²) in [4.78, 5) is 68.1. The van der Waals surface area contributed by atoms with Crippen molar-refractivity contribution in [1.29, 1.82) is 0 Å². The number of rotatable bonds is 12. The van der Waals surface area contributed by atoms with Crippen LogP contribution in [0, 0.1) is 13.8 Å². The van der Waals surface area contributed by atoms with Crippen LogP contribution in [0.4, 0.5) is 0 Å². The third kappa shape index (κ3) is 11.8. The molecule has 0 unspecified atom stereocenters. The minimum atomic E-state index is -0.504. The minimum absolute atomic E-state index is 0. The van der Waals surface area contributed by atoms with E-state index < -0.39 is 22.5 Å². The van der Waals surface area contributed by atoms with E-state index in [1.807, 2.05) is 38.1 Å². The summed E-state index contributed by atoms with van der Waals surface area (Å²) < 4.78 is 14.7. The van der Waals surface area contributed by atoms with Crippen molar-refractivity contribution in [1.82, 2.24) is 47.3 Å². The lowest BCUT2D eigenvalue weighted by Gasteiger charge is -2.11. The zero-order valence-electron chi connectivity index (χ0n) is 36.1. The van der Waals surface area contributed by atoms with Crippen LogP contribution < -0.4 is 27.2 Å². The van der Waals surface area contributed by atoms with Gasteiger partial charge in [-0.1, -0.05) is 47.5 Å². The van der Waals surface area contributed by atoms with Crippen molar-refractivity contribution in [2.75, 3.05) is 13.2 Å². The Morgan fingerprint density at radius 3 is 1.52 bits per heavy atom. The molecule has 22 heteroatoms. The molecule has 3 N–H and O–H groups in total. The lowest BCUT2D eigenvalue weighted by atomic mass is 10.2. The first kappa shape index (κ1) is 50.9. The van der Waals surface area contributed by atoms with Crippen LogP contribution in [-0.4, -0.2) is 75.9 Å². The highest BCUT2D eigenvalue weighted by molar-refractivity contribution is 9.10. The van der Waals surface area contributed by atoms with Gasteiger partial charge in [0.15, 0.2) is 27.1 Å². The van der Waals surface area contributed by atoms with E-state index >= 15 is 0 Å². The second kappa shape index (κ2) is 22.9. The Bertz CT molecular complexity index is 3150. The first-order valence-electron chi connectivity index (χ1n) is 20.1. The quantitative estimate of drug-likeness (QED) is 0.125. The van der Waals surface area contributed by atoms with Crippen LogP contribution in [0.3, 0.4) is 0 Å². The van der Waals surface area contributed by atoms with Gasteiger partial charge in [0.25, 0.3) is 11.1 Å². The van der Waals surface area contributed by atoms with Gasteiger partial charge in [-0.2, -0.15) is 4.98 Å². The number of halogens is 4. The second-order valence-corrected chi connectivity index (χ2v) is 16.3. The Morgan fingerprint density at radius 2 is 1.08 bits per heavy atom. The van der Waals surface area contributed by atoms with Crippen LogP contribution in [0.2, 0.25) is 10.0 Å². The molecule has 0 aliphatic carbocycles. The number of aromatic hydroxyl groups is 1. The minimum Gasteiger partial charge on any atom is -0.506 e. The third-order valence-corrected chi connectivity index (χ3v) is 11.1. The smallest absolute Gasteiger partial charge is 0.332 e. The number of nitrogens with zero attached hydrogens (tertiary/aromatic N) is 10. The molecule has 0 amide bonds. The van der Waals surface area contributed by atoms with Crippen LogP contribution in [-0.2, 0) is 40.3 Å². The van der Waals surface area contributed by atoms with E-state index in [4.69, 9.17) is 38.2 Å². The highest BCUT2D eigenvalue weighted by atomic mass is 79.9. The normalized spacial score (nSPS) is 10.9. The molecule has 6 aromatic heterocycles. The maximum atomic E-state index is 13.3. The number of ether oxygens (including phenoxy) is 1. The van der Waals surface area contributed by atoms with Gasteiger partial charge in [-0.3, -0.25) is 42.4 Å². The molecule has 0 spiro atoms. The van der Waals surface area contributed by atoms with E-state index in [2.05, 4.69) is 35.9 Å². The Labute approximate surface area is 401 Å². The predicted octanol–water partition coefficient (Wildman–Crippen LogP) is 5.74. The number of hydrogen-bond acceptors (Lipinski definition) is 12. The molecule has 0 aliphatic rings. The molecule has 0 radical (unpaired) electrons. The summed E-state index contributed by atoms with van der Waals surface area (Å²) in [5.74, 6) is 0.671. The average molecular weight is 1030 g/mol. The molecule has 0 atom stereocenters. The Balaban J connectivity index is 0.000000213. The lowest BCUT2D eigenvalue weighted by molar-refractivity contribution is 0.277. The van der Waals surface area contributed by atoms with Gasteiger partial charge in [0.1, 0.15) is 11.5 Å². The fraction of sp³-hybridized carbons (Fsp3) is 0.273. The van der Waals surface area contributed by atoms with Crippen molar-refractivity contribution in [2.45, 2.75) is 52.9 Å². The first-order valence-corrected chi connectivity index (χ1v) is 21.6. The van der Waals surface area contributed by atoms with E-state index in [1.165, 1.54) is 15.3 Å². The van der Waals surface area contributed by atoms with Gasteiger partial charge in [0.05, 0.1) is 25.5 Å². The fourth-order valence-corrected chi connectivity index (χ4v) is 7.26. The first-order chi connectivity index (χ1) is 31.1. The van der Waals surface area contributed by atoms with Gasteiger partial charge in [0, 0.05) is 61.8 Å². The molecule has 0 saturated heterocycles. The van der Waals surface area contributed by atoms with Crippen molar-refractivity contribution in [3.05, 3.63) is 164 Å². The molecule has 0 aliphatic heterocycles. The highest BCUT2D eigenvalue weighted by Gasteiger charge is 2.23. The highest BCUT2D eigenvalue weighted by Crippen LogP contribution is 2.26. The van der Waals surface area contributed by atoms with Gasteiger partial charge in [-0.15, -0.1) is 12.4 Å². The van der Waals surface area contributed by atoms with Crippen LogP contribution >= 0.6 is 51.5 Å². The maximum absolute atomic E-state index is 13.3. The Morgan fingerprint density at radius 1 is 0.621 bits per heavy atom. The molecule has 348 valence electrons. The van der Waals surface area contributed by atoms with E-state index in [9.17, 15) is 24.3 Å². The van der Waals surface area contributed by atoms with Gasteiger partial charge < -0.3 is 24.6 Å². The molecular weight excluding hydrogens is 983 g/mol. The van der Waals surface area contributed by atoms with Crippen LogP contribution in [0.15, 0.2) is 109 Å². The average Bonchev–Trinajstić information content (AvgIpc) is 3.82. The van der Waals surface area contributed by atoms with Crippen LogP contribution in [0.1, 0.15) is 35.4 Å². The number of aliphatic hydroxyl groups is 2. The molecule has 8 rings (SSSR count). The molecule has 6 heterocycles. The Kier molecular flexibility index (Phi) is 17.7. The molecule has 18 nitrogen and oxygen atoms in total. The van der Waals surface area contributed by atoms with Gasteiger partial charge in [0.2, 0.25) is 0 Å². The molecule has 0 fully saturated rings. The predicted molar refractivity (Wildman–Crippen MR) is 258 cm³/mol. The summed E-state index contributed by atoms with van der Waals surface area (Å²) in [7, 11) is 3.13. The van der Waals surface area contributed by atoms with Crippen molar-refractivity contribution >= 4 is 73.9 Å². The van der Waals surface area contributed by atoms with Gasteiger partial charge in [-0.05, 0) is 102 Å². The number of hydrogen-bond donors (Lipinski definition) is 3. The van der Waals surface area contributed by atoms with E-state index in [-0.39, 0.29) is 74.6 Å². The SMILES string of the molecule is Cc1ccc(O)cn1.Cc1ccc(Oc2nc3c(c(=O)n(CCCO)c(=O)n3C)n2Cc2ccc(Cl)cc2)cn1.Cl.Cn1c(=O)n(CCCO)c(=O)c2c1nc(Br)n2Cc1ccc(Cl)cc1. The number of fused-ring (bicyclic) bond motifs is 2. The monoisotopic (exact) mass is 1030 g/mol. The van der Waals surface area contributed by atoms with Crippen molar-refractivity contribution in [3.63, 3.8) is 0 Å². The van der Waals surface area contributed by atoms with E-state index in [1.54, 1.807) is 78.0 Å². The molecule has 2 aromatic carbocycles. The van der Waals surface area contributed by atoms with Gasteiger partial charge in [-0.25, -0.2) is 14.6 Å². The summed E-state index contributed by atoms with van der Waals surface area (Å²) >= 11 is 15.3. The molecule has 0 saturated carbocycles. The third-order valence-electron chi connectivity index (χ3n) is 9.96. The number of aryl methyl sites for hydroxylation is 4. The van der Waals surface area contributed by atoms with Crippen molar-refractivity contribution in [3.8, 4) is 17.5 Å². The zero-order chi connectivity index (χ0) is 46.9. The summed E-state index contributed by atoms with van der Waals surface area (Å²) in [5, 5.41) is 28.1. The summed E-state index contributed by atoms with van der Waals surface area (Å²) in [5.41, 5.74) is 2.80. The van der Waals surface area contributed by atoms with E-state index in [0.717, 1.165) is 31.6 Å². The Hall–Kier alpha value is -6.09. The molecular formula is C44H46BrCl3N10O8.